The summed E-state index contributed by atoms with van der Waals surface area (Å²) >= 11 is 3.07. The highest BCUT2D eigenvalue weighted by Crippen LogP contribution is 2.22. The number of amides is 2. The van der Waals surface area contributed by atoms with Crippen molar-refractivity contribution in [1.82, 2.24) is 15.2 Å². The highest BCUT2D eigenvalue weighted by molar-refractivity contribution is 7.99. The van der Waals surface area contributed by atoms with Crippen LogP contribution in [0.5, 0.6) is 0 Å². The molecule has 26 heavy (non-hydrogen) atoms. The van der Waals surface area contributed by atoms with E-state index in [1.54, 1.807) is 11.3 Å². The Balaban J connectivity index is 1.52. The van der Waals surface area contributed by atoms with Crippen LogP contribution in [-0.2, 0) is 16.1 Å². The van der Waals surface area contributed by atoms with Gasteiger partial charge in [-0.15, -0.1) is 11.3 Å². The number of piperidine rings is 1. The van der Waals surface area contributed by atoms with Crippen LogP contribution in [-0.4, -0.2) is 46.8 Å². The van der Waals surface area contributed by atoms with Crippen molar-refractivity contribution >= 4 is 34.9 Å². The Morgan fingerprint density at radius 2 is 2.15 bits per heavy atom. The fraction of sp³-hybridized carbons (Fsp3) is 0.421. The molecule has 0 aliphatic carbocycles. The lowest BCUT2D eigenvalue weighted by Crippen LogP contribution is -2.45. The van der Waals surface area contributed by atoms with Crippen LogP contribution in [0.4, 0.5) is 0 Å². The number of rotatable bonds is 6. The summed E-state index contributed by atoms with van der Waals surface area (Å²) < 4.78 is 0. The van der Waals surface area contributed by atoms with Gasteiger partial charge >= 0.3 is 0 Å². The molecule has 0 radical (unpaired) electrons. The molecule has 3 rings (SSSR count). The average molecular weight is 390 g/mol. The van der Waals surface area contributed by atoms with E-state index in [2.05, 4.69) is 10.3 Å². The number of nitrogens with one attached hydrogen (secondary N) is 1. The summed E-state index contributed by atoms with van der Waals surface area (Å²) in [6, 6.07) is 10.0. The van der Waals surface area contributed by atoms with Gasteiger partial charge in [-0.2, -0.15) is 11.8 Å². The van der Waals surface area contributed by atoms with E-state index in [1.807, 2.05) is 46.9 Å². The number of likely N-dealkylation sites (tertiary alicyclic amines) is 1. The van der Waals surface area contributed by atoms with Crippen molar-refractivity contribution in [3.05, 3.63) is 40.7 Å². The van der Waals surface area contributed by atoms with Crippen molar-refractivity contribution < 1.29 is 9.59 Å². The van der Waals surface area contributed by atoms with Crippen molar-refractivity contribution in [2.75, 3.05) is 25.1 Å². The number of carbonyl (C=O) groups is 2. The van der Waals surface area contributed by atoms with Gasteiger partial charge in [0.05, 0.1) is 23.9 Å². The maximum atomic E-state index is 12.5. The Morgan fingerprint density at radius 3 is 2.92 bits per heavy atom. The minimum absolute atomic E-state index is 0.0168. The molecular weight excluding hydrogens is 366 g/mol. The number of thioether (sulfide) groups is 1. The van der Waals surface area contributed by atoms with Crippen LogP contribution in [0.1, 0.15) is 17.8 Å². The topological polar surface area (TPSA) is 62.3 Å². The van der Waals surface area contributed by atoms with Gasteiger partial charge < -0.3 is 10.2 Å². The number of benzene rings is 1. The third-order valence-corrected chi connectivity index (χ3v) is 5.83. The highest BCUT2D eigenvalue weighted by atomic mass is 32.2. The molecule has 1 aromatic carbocycles. The Hall–Kier alpha value is -1.86. The van der Waals surface area contributed by atoms with E-state index in [9.17, 15) is 9.59 Å². The van der Waals surface area contributed by atoms with Crippen LogP contribution < -0.4 is 5.32 Å². The summed E-state index contributed by atoms with van der Waals surface area (Å²) in [5, 5.41) is 5.90. The normalized spacial score (nSPS) is 17.1. The largest absolute Gasteiger partial charge is 0.349 e. The minimum Gasteiger partial charge on any atom is -0.349 e. The van der Waals surface area contributed by atoms with E-state index in [1.165, 1.54) is 11.8 Å². The number of nitrogens with zero attached hydrogens (tertiary/aromatic N) is 2. The molecule has 2 heterocycles. The van der Waals surface area contributed by atoms with Crippen molar-refractivity contribution in [2.45, 2.75) is 19.4 Å². The van der Waals surface area contributed by atoms with Gasteiger partial charge in [0.25, 0.3) is 0 Å². The summed E-state index contributed by atoms with van der Waals surface area (Å²) in [7, 11) is 0. The van der Waals surface area contributed by atoms with Crippen molar-refractivity contribution in [3.8, 4) is 11.3 Å². The second kappa shape index (κ2) is 9.19. The third-order valence-electron chi connectivity index (χ3n) is 4.45. The molecule has 2 amide bonds. The zero-order valence-corrected chi connectivity index (χ0v) is 16.4. The molecule has 0 saturated carbocycles. The van der Waals surface area contributed by atoms with Gasteiger partial charge in [0.1, 0.15) is 5.01 Å². The molecule has 5 nitrogen and oxygen atoms in total. The predicted molar refractivity (Wildman–Crippen MR) is 107 cm³/mol. The molecule has 138 valence electrons. The van der Waals surface area contributed by atoms with Crippen molar-refractivity contribution in [1.29, 1.82) is 0 Å². The molecule has 1 aliphatic rings. The molecule has 0 bridgehead atoms. The van der Waals surface area contributed by atoms with Crippen LogP contribution in [0.15, 0.2) is 35.7 Å². The lowest BCUT2D eigenvalue weighted by atomic mass is 9.97. The first-order valence-corrected chi connectivity index (χ1v) is 11.0. The average Bonchev–Trinajstić information content (AvgIpc) is 3.16. The van der Waals surface area contributed by atoms with E-state index in [4.69, 9.17) is 0 Å². The minimum atomic E-state index is -0.122. The zero-order chi connectivity index (χ0) is 18.4. The van der Waals surface area contributed by atoms with Gasteiger partial charge in [0, 0.05) is 24.0 Å². The van der Waals surface area contributed by atoms with Crippen LogP contribution in [0.2, 0.25) is 0 Å². The van der Waals surface area contributed by atoms with Gasteiger partial charge in [-0.25, -0.2) is 4.98 Å². The lowest BCUT2D eigenvalue weighted by Gasteiger charge is -2.32. The van der Waals surface area contributed by atoms with E-state index in [-0.39, 0.29) is 17.7 Å². The molecule has 0 spiro atoms. The monoisotopic (exact) mass is 389 g/mol. The van der Waals surface area contributed by atoms with Gasteiger partial charge in [0.15, 0.2) is 0 Å². The standard InChI is InChI=1S/C19H23N3O2S2/c1-25-13-18(23)22-9-5-8-15(11-22)19(24)20-10-17-21-16(12-26-17)14-6-3-2-4-7-14/h2-4,6-7,12,15H,5,8-11,13H2,1H3,(H,20,24)/t15-/m0/s1. The molecule has 1 saturated heterocycles. The second-order valence-corrected chi connectivity index (χ2v) is 8.13. The summed E-state index contributed by atoms with van der Waals surface area (Å²) in [6.07, 6.45) is 3.64. The van der Waals surface area contributed by atoms with E-state index < -0.39 is 0 Å². The molecule has 1 fully saturated rings. The Kier molecular flexibility index (Phi) is 6.68. The summed E-state index contributed by atoms with van der Waals surface area (Å²) in [4.78, 5) is 31.0. The van der Waals surface area contributed by atoms with Crippen molar-refractivity contribution in [3.63, 3.8) is 0 Å². The van der Waals surface area contributed by atoms with Gasteiger partial charge in [-0.3, -0.25) is 9.59 Å². The Morgan fingerprint density at radius 1 is 1.35 bits per heavy atom. The Labute approximate surface area is 162 Å². The summed E-state index contributed by atoms with van der Waals surface area (Å²) in [6.45, 7) is 1.72. The van der Waals surface area contributed by atoms with Crippen LogP contribution in [0, 0.1) is 5.92 Å². The zero-order valence-electron chi connectivity index (χ0n) is 14.8. The predicted octanol–water partition coefficient (Wildman–Crippen LogP) is 3.03. The molecule has 7 heteroatoms. The molecule has 2 aromatic rings. The first-order valence-electron chi connectivity index (χ1n) is 8.71. The van der Waals surface area contributed by atoms with Gasteiger partial charge in [-0.1, -0.05) is 30.3 Å². The fourth-order valence-electron chi connectivity index (χ4n) is 3.07. The number of aromatic nitrogens is 1. The van der Waals surface area contributed by atoms with Gasteiger partial charge in [-0.05, 0) is 19.1 Å². The molecule has 1 N–H and O–H groups in total. The summed E-state index contributed by atoms with van der Waals surface area (Å²) in [5.41, 5.74) is 2.02. The smallest absolute Gasteiger partial charge is 0.232 e. The van der Waals surface area contributed by atoms with Gasteiger partial charge in [0.2, 0.25) is 11.8 Å². The number of thiazole rings is 1. The SMILES string of the molecule is CSCC(=O)N1CCC[C@H](C(=O)NCc2nc(-c3ccccc3)cs2)C1. The maximum Gasteiger partial charge on any atom is 0.232 e. The van der Waals surface area contributed by atoms with Crippen LogP contribution >= 0.6 is 23.1 Å². The van der Waals surface area contributed by atoms with E-state index in [0.717, 1.165) is 35.7 Å². The molecule has 1 atom stereocenters. The maximum absolute atomic E-state index is 12.5. The van der Waals surface area contributed by atoms with E-state index >= 15 is 0 Å². The molecule has 1 aromatic heterocycles. The number of hydrogen-bond acceptors (Lipinski definition) is 5. The number of hydrogen-bond donors (Lipinski definition) is 1. The van der Waals surface area contributed by atoms with Crippen LogP contribution in [0.25, 0.3) is 11.3 Å². The highest BCUT2D eigenvalue weighted by Gasteiger charge is 2.28. The number of carbonyl (C=O) groups excluding carboxylic acids is 2. The molecule has 0 unspecified atom stereocenters. The summed E-state index contributed by atoms with van der Waals surface area (Å²) in [5.74, 6) is 0.504. The molecule has 1 aliphatic heterocycles. The third kappa shape index (κ3) is 4.86. The first kappa shape index (κ1) is 18.9. The Bertz CT molecular complexity index is 748. The second-order valence-electron chi connectivity index (χ2n) is 6.32. The molecular formula is C19H23N3O2S2. The first-order chi connectivity index (χ1) is 12.7. The van der Waals surface area contributed by atoms with Crippen LogP contribution in [0.3, 0.4) is 0 Å². The lowest BCUT2D eigenvalue weighted by molar-refractivity contribution is -0.133. The fourth-order valence-corrected chi connectivity index (χ4v) is 4.25. The van der Waals surface area contributed by atoms with Crippen molar-refractivity contribution in [2.24, 2.45) is 5.92 Å². The van der Waals surface area contributed by atoms with E-state index in [0.29, 0.717) is 18.8 Å². The quantitative estimate of drug-likeness (QED) is 0.825.